The zero-order valence-corrected chi connectivity index (χ0v) is 12.4. The van der Waals surface area contributed by atoms with E-state index in [9.17, 15) is 27.9 Å². The summed E-state index contributed by atoms with van der Waals surface area (Å²) in [7, 11) is 0. The number of ether oxygens (including phenoxy) is 1. The molecule has 0 aromatic heterocycles. The first-order chi connectivity index (χ1) is 10.6. The number of nitrogens with one attached hydrogen (secondary N) is 2. The van der Waals surface area contributed by atoms with Crippen molar-refractivity contribution in [3.8, 4) is 5.75 Å². The molecule has 6 nitrogen and oxygen atoms in total. The zero-order chi connectivity index (χ0) is 17.6. The molecule has 0 saturated heterocycles. The number of carboxylic acids is 1. The summed E-state index contributed by atoms with van der Waals surface area (Å²) in [5.41, 5.74) is 0.179. The van der Waals surface area contributed by atoms with E-state index >= 15 is 0 Å². The maximum absolute atomic E-state index is 12.0. The maximum Gasteiger partial charge on any atom is 0.573 e. The number of halogens is 3. The van der Waals surface area contributed by atoms with Crippen LogP contribution in [0.15, 0.2) is 24.3 Å². The number of rotatable bonds is 6. The Bertz CT molecular complexity index is 544. The van der Waals surface area contributed by atoms with Crippen molar-refractivity contribution in [2.75, 3.05) is 5.32 Å². The number of carbonyl (C=O) groups excluding carboxylic acids is 2. The van der Waals surface area contributed by atoms with Gasteiger partial charge in [0.25, 0.3) is 0 Å². The second-order valence-electron chi connectivity index (χ2n) is 5.17. The summed E-state index contributed by atoms with van der Waals surface area (Å²) in [5, 5.41) is 15.5. The number of carbonyl (C=O) groups is 2. The topological polar surface area (TPSA) is 90.5 Å². The van der Waals surface area contributed by atoms with Gasteiger partial charge in [-0.1, -0.05) is 13.8 Å². The van der Waals surface area contributed by atoms with Crippen LogP contribution in [0.1, 0.15) is 20.3 Å². The van der Waals surface area contributed by atoms with E-state index in [2.05, 4.69) is 15.4 Å². The largest absolute Gasteiger partial charge is 0.573 e. The number of hydrogen-bond acceptors (Lipinski definition) is 4. The molecule has 0 saturated carbocycles. The summed E-state index contributed by atoms with van der Waals surface area (Å²) in [4.78, 5) is 22.6. The third-order valence-electron chi connectivity index (χ3n) is 2.64. The Labute approximate surface area is 130 Å². The third-order valence-corrected chi connectivity index (χ3v) is 2.64. The van der Waals surface area contributed by atoms with Crippen molar-refractivity contribution in [1.82, 2.24) is 5.32 Å². The van der Waals surface area contributed by atoms with Crippen LogP contribution >= 0.6 is 0 Å². The number of alkyl halides is 3. The van der Waals surface area contributed by atoms with Gasteiger partial charge in [0.2, 0.25) is 0 Å². The minimum atomic E-state index is -4.80. The second kappa shape index (κ2) is 7.70. The van der Waals surface area contributed by atoms with Crippen LogP contribution in [0.3, 0.4) is 0 Å². The molecule has 0 aliphatic rings. The van der Waals surface area contributed by atoms with E-state index < -0.39 is 30.2 Å². The van der Waals surface area contributed by atoms with Gasteiger partial charge >= 0.3 is 12.4 Å². The van der Waals surface area contributed by atoms with Gasteiger partial charge in [-0.15, -0.1) is 13.2 Å². The molecule has 23 heavy (non-hydrogen) atoms. The van der Waals surface area contributed by atoms with Crippen molar-refractivity contribution in [3.63, 3.8) is 0 Å². The van der Waals surface area contributed by atoms with E-state index in [-0.39, 0.29) is 18.0 Å². The summed E-state index contributed by atoms with van der Waals surface area (Å²) < 4.78 is 39.7. The molecule has 0 fully saturated rings. The van der Waals surface area contributed by atoms with Gasteiger partial charge in [0, 0.05) is 5.69 Å². The maximum atomic E-state index is 12.0. The van der Waals surface area contributed by atoms with Crippen LogP contribution in [-0.2, 0) is 4.79 Å². The molecule has 0 spiro atoms. The number of aliphatic carboxylic acids is 1. The smallest absolute Gasteiger partial charge is 0.548 e. The molecule has 1 atom stereocenters. The average Bonchev–Trinajstić information content (AvgIpc) is 2.38. The Morgan fingerprint density at radius 1 is 1.22 bits per heavy atom. The third kappa shape index (κ3) is 7.39. The molecule has 0 unspecified atom stereocenters. The van der Waals surface area contributed by atoms with Gasteiger partial charge in [0.15, 0.2) is 0 Å². The first-order valence-corrected chi connectivity index (χ1v) is 6.71. The van der Waals surface area contributed by atoms with Crippen LogP contribution in [0.25, 0.3) is 0 Å². The Morgan fingerprint density at radius 3 is 2.22 bits per heavy atom. The van der Waals surface area contributed by atoms with E-state index in [1.807, 2.05) is 0 Å². The van der Waals surface area contributed by atoms with Crippen LogP contribution in [0, 0.1) is 5.92 Å². The number of carboxylic acid groups (broad SMARTS) is 1. The monoisotopic (exact) mass is 333 g/mol. The lowest BCUT2D eigenvalue weighted by Gasteiger charge is -2.21. The fourth-order valence-electron chi connectivity index (χ4n) is 1.75. The normalized spacial score (nSPS) is 12.6. The number of benzene rings is 1. The Balaban J connectivity index is 2.61. The summed E-state index contributed by atoms with van der Waals surface area (Å²) >= 11 is 0. The molecule has 2 amide bonds. The first-order valence-electron chi connectivity index (χ1n) is 6.71. The molecule has 0 bridgehead atoms. The highest BCUT2D eigenvalue weighted by Gasteiger charge is 2.30. The van der Waals surface area contributed by atoms with Gasteiger partial charge in [-0.2, -0.15) is 0 Å². The van der Waals surface area contributed by atoms with Crippen molar-refractivity contribution >= 4 is 17.7 Å². The van der Waals surface area contributed by atoms with E-state index in [1.165, 1.54) is 12.1 Å². The fourth-order valence-corrected chi connectivity index (χ4v) is 1.75. The molecule has 1 rings (SSSR count). The van der Waals surface area contributed by atoms with E-state index in [1.54, 1.807) is 13.8 Å². The van der Waals surface area contributed by atoms with Crippen LogP contribution in [0.4, 0.5) is 23.7 Å². The van der Waals surface area contributed by atoms with Crippen LogP contribution in [-0.4, -0.2) is 24.4 Å². The highest BCUT2D eigenvalue weighted by Crippen LogP contribution is 2.23. The molecule has 0 heterocycles. The lowest BCUT2D eigenvalue weighted by atomic mass is 10.0. The van der Waals surface area contributed by atoms with Crippen molar-refractivity contribution in [2.24, 2.45) is 5.92 Å². The van der Waals surface area contributed by atoms with E-state index in [0.717, 1.165) is 12.1 Å². The fraction of sp³-hybridized carbons (Fsp3) is 0.429. The first kappa shape index (κ1) is 18.6. The highest BCUT2D eigenvalue weighted by molar-refractivity contribution is 5.91. The Hall–Kier alpha value is -2.45. The average molecular weight is 333 g/mol. The van der Waals surface area contributed by atoms with E-state index in [0.29, 0.717) is 0 Å². The van der Waals surface area contributed by atoms with Gasteiger partial charge < -0.3 is 25.3 Å². The van der Waals surface area contributed by atoms with Gasteiger partial charge in [-0.3, -0.25) is 0 Å². The minimum Gasteiger partial charge on any atom is -0.548 e. The Morgan fingerprint density at radius 2 is 1.78 bits per heavy atom. The SMILES string of the molecule is CC(C)C[C@H](NC(=O)Nc1ccc(OC(F)(F)F)cc1)C(=O)[O-]. The summed E-state index contributed by atoms with van der Waals surface area (Å²) in [6, 6.07) is 2.46. The molecule has 0 radical (unpaired) electrons. The quantitative estimate of drug-likeness (QED) is 0.831. The summed E-state index contributed by atoms with van der Waals surface area (Å²) in [6.07, 6.45) is -4.61. The van der Waals surface area contributed by atoms with Crippen molar-refractivity contribution in [1.29, 1.82) is 0 Å². The Kier molecular flexibility index (Phi) is 6.23. The van der Waals surface area contributed by atoms with Crippen LogP contribution in [0.5, 0.6) is 5.75 Å². The molecule has 0 aliphatic carbocycles. The lowest BCUT2D eigenvalue weighted by molar-refractivity contribution is -0.308. The molecule has 128 valence electrons. The van der Waals surface area contributed by atoms with E-state index in [4.69, 9.17) is 0 Å². The summed E-state index contributed by atoms with van der Waals surface area (Å²) in [6.45, 7) is 3.57. The molecular formula is C14H16F3N2O4-. The van der Waals surface area contributed by atoms with Crippen molar-refractivity contribution in [2.45, 2.75) is 32.7 Å². The number of amides is 2. The highest BCUT2D eigenvalue weighted by atomic mass is 19.4. The molecule has 9 heteroatoms. The number of urea groups is 1. The summed E-state index contributed by atoms with van der Waals surface area (Å²) in [5.74, 6) is -1.82. The predicted octanol–water partition coefficient (Wildman–Crippen LogP) is 1.87. The van der Waals surface area contributed by atoms with Crippen molar-refractivity contribution < 1.29 is 32.6 Å². The van der Waals surface area contributed by atoms with Gasteiger partial charge in [-0.25, -0.2) is 4.79 Å². The number of anilines is 1. The molecular weight excluding hydrogens is 317 g/mol. The van der Waals surface area contributed by atoms with Crippen molar-refractivity contribution in [3.05, 3.63) is 24.3 Å². The molecule has 1 aromatic rings. The van der Waals surface area contributed by atoms with Crippen LogP contribution in [0.2, 0.25) is 0 Å². The van der Waals surface area contributed by atoms with Gasteiger partial charge in [0.05, 0.1) is 12.0 Å². The minimum absolute atomic E-state index is 0.0250. The standard InChI is InChI=1S/C14H17F3N2O4/c1-8(2)7-11(12(20)21)19-13(22)18-9-3-5-10(6-4-9)23-14(15,16)17/h3-6,8,11H,7H2,1-2H3,(H,20,21)(H2,18,19,22)/p-1/t11-/m0/s1. The number of hydrogen-bond donors (Lipinski definition) is 2. The second-order valence-corrected chi connectivity index (χ2v) is 5.17. The molecule has 2 N–H and O–H groups in total. The zero-order valence-electron chi connectivity index (χ0n) is 12.4. The predicted molar refractivity (Wildman–Crippen MR) is 73.5 cm³/mol. The molecule has 1 aromatic carbocycles. The lowest BCUT2D eigenvalue weighted by Crippen LogP contribution is -2.49. The van der Waals surface area contributed by atoms with Gasteiger partial charge in [0.1, 0.15) is 5.75 Å². The van der Waals surface area contributed by atoms with Gasteiger partial charge in [-0.05, 0) is 36.6 Å². The molecule has 0 aliphatic heterocycles. The van der Waals surface area contributed by atoms with Crippen LogP contribution < -0.4 is 20.5 Å².